The average Bonchev–Trinajstić information content (AvgIpc) is 2.63. The lowest BCUT2D eigenvalue weighted by Gasteiger charge is -2.09. The molecule has 1 amide bonds. The summed E-state index contributed by atoms with van der Waals surface area (Å²) in [6.45, 7) is 2.45. The molecule has 0 saturated carbocycles. The average molecular weight is 358 g/mol. The van der Waals surface area contributed by atoms with Gasteiger partial charge in [0.15, 0.2) is 6.61 Å². The molecule has 26 heavy (non-hydrogen) atoms. The lowest BCUT2D eigenvalue weighted by atomic mass is 10.1. The van der Waals surface area contributed by atoms with Gasteiger partial charge in [-0.3, -0.25) is 14.9 Å². The number of nitrogens with one attached hydrogen (secondary N) is 1. The van der Waals surface area contributed by atoms with Crippen LogP contribution in [-0.2, 0) is 11.2 Å². The molecule has 0 heterocycles. The highest BCUT2D eigenvalue weighted by atomic mass is 16.6. The molecule has 138 valence electrons. The molecule has 2 rings (SSSR count). The van der Waals surface area contributed by atoms with E-state index in [9.17, 15) is 14.9 Å². The van der Waals surface area contributed by atoms with E-state index < -0.39 is 4.92 Å². The highest BCUT2D eigenvalue weighted by Gasteiger charge is 2.15. The topological polar surface area (TPSA) is 90.7 Å². The lowest BCUT2D eigenvalue weighted by molar-refractivity contribution is -0.385. The van der Waals surface area contributed by atoms with E-state index in [2.05, 4.69) is 30.4 Å². The zero-order valence-electron chi connectivity index (χ0n) is 14.9. The maximum atomic E-state index is 11.8. The summed E-state index contributed by atoms with van der Waals surface area (Å²) in [6, 6.07) is 12.4. The van der Waals surface area contributed by atoms with E-state index in [1.165, 1.54) is 36.4 Å². The molecule has 7 nitrogen and oxygen atoms in total. The van der Waals surface area contributed by atoms with Gasteiger partial charge in [-0.25, -0.2) is 0 Å². The number of rotatable bonds is 9. The van der Waals surface area contributed by atoms with Crippen LogP contribution in [0.15, 0.2) is 42.5 Å². The van der Waals surface area contributed by atoms with Gasteiger partial charge >= 0.3 is 5.69 Å². The molecule has 0 fully saturated rings. The summed E-state index contributed by atoms with van der Waals surface area (Å²) in [6.07, 6.45) is 1.73. The Labute approximate surface area is 152 Å². The Kier molecular flexibility index (Phi) is 6.96. The minimum Gasteiger partial charge on any atom is -0.490 e. The lowest BCUT2D eigenvalue weighted by Crippen LogP contribution is -2.29. The molecule has 0 spiro atoms. The molecule has 0 aromatic heterocycles. The molecule has 2 aromatic carbocycles. The SMILES string of the molecule is COc1cc(OCC(=O)NCCCc2cccc(C)c2)ccc1[N+](=O)[O-]. The number of nitro groups is 1. The molecule has 0 bridgehead atoms. The van der Waals surface area contributed by atoms with E-state index in [0.717, 1.165) is 12.8 Å². The maximum Gasteiger partial charge on any atom is 0.311 e. The number of methoxy groups -OCH3 is 1. The van der Waals surface area contributed by atoms with Gasteiger partial charge in [-0.1, -0.05) is 29.8 Å². The van der Waals surface area contributed by atoms with Crippen LogP contribution in [0.25, 0.3) is 0 Å². The first kappa shape index (κ1) is 19.2. The summed E-state index contributed by atoms with van der Waals surface area (Å²) in [5, 5.41) is 13.6. The summed E-state index contributed by atoms with van der Waals surface area (Å²) in [4.78, 5) is 22.1. The van der Waals surface area contributed by atoms with Crippen LogP contribution in [0.3, 0.4) is 0 Å². The smallest absolute Gasteiger partial charge is 0.311 e. The normalized spacial score (nSPS) is 10.2. The predicted molar refractivity (Wildman–Crippen MR) is 97.7 cm³/mol. The predicted octanol–water partition coefficient (Wildman–Crippen LogP) is 3.04. The van der Waals surface area contributed by atoms with Gasteiger partial charge in [-0.15, -0.1) is 0 Å². The minimum atomic E-state index is -0.538. The summed E-state index contributed by atoms with van der Waals surface area (Å²) in [5.74, 6) is 0.181. The molecule has 0 atom stereocenters. The van der Waals surface area contributed by atoms with Crippen LogP contribution in [0.5, 0.6) is 11.5 Å². The van der Waals surface area contributed by atoms with E-state index in [1.807, 2.05) is 6.07 Å². The maximum absolute atomic E-state index is 11.8. The van der Waals surface area contributed by atoms with Crippen LogP contribution in [0, 0.1) is 17.0 Å². The Morgan fingerprint density at radius 2 is 2.04 bits per heavy atom. The van der Waals surface area contributed by atoms with Crippen molar-refractivity contribution in [2.24, 2.45) is 0 Å². The fourth-order valence-corrected chi connectivity index (χ4v) is 2.49. The van der Waals surface area contributed by atoms with Crippen LogP contribution < -0.4 is 14.8 Å². The van der Waals surface area contributed by atoms with Gasteiger partial charge in [0.25, 0.3) is 5.91 Å². The van der Waals surface area contributed by atoms with Crippen molar-refractivity contribution < 1.29 is 19.2 Å². The van der Waals surface area contributed by atoms with Gasteiger partial charge in [0.2, 0.25) is 5.75 Å². The van der Waals surface area contributed by atoms with Gasteiger partial charge < -0.3 is 14.8 Å². The van der Waals surface area contributed by atoms with E-state index >= 15 is 0 Å². The van der Waals surface area contributed by atoms with Crippen molar-refractivity contribution in [1.82, 2.24) is 5.32 Å². The molecule has 1 N–H and O–H groups in total. The number of hydrogen-bond donors (Lipinski definition) is 1. The van der Waals surface area contributed by atoms with Crippen LogP contribution in [-0.4, -0.2) is 31.1 Å². The molecule has 0 aliphatic carbocycles. The third-order valence-electron chi connectivity index (χ3n) is 3.76. The summed E-state index contributed by atoms with van der Waals surface area (Å²) >= 11 is 0. The number of amides is 1. The Morgan fingerprint density at radius 3 is 2.73 bits per heavy atom. The molecule has 0 unspecified atom stereocenters. The van der Waals surface area contributed by atoms with Crippen molar-refractivity contribution in [3.8, 4) is 11.5 Å². The molecule has 0 saturated heterocycles. The largest absolute Gasteiger partial charge is 0.490 e. The number of ether oxygens (including phenoxy) is 2. The van der Waals surface area contributed by atoms with Gasteiger partial charge in [0.05, 0.1) is 12.0 Å². The fourth-order valence-electron chi connectivity index (χ4n) is 2.49. The number of carbonyl (C=O) groups excluding carboxylic acids is 1. The Balaban J connectivity index is 1.74. The first-order chi connectivity index (χ1) is 12.5. The van der Waals surface area contributed by atoms with Crippen LogP contribution in [0.4, 0.5) is 5.69 Å². The second kappa shape index (κ2) is 9.41. The van der Waals surface area contributed by atoms with Gasteiger partial charge in [0.1, 0.15) is 5.75 Å². The monoisotopic (exact) mass is 358 g/mol. The number of hydrogen-bond acceptors (Lipinski definition) is 5. The number of nitro benzene ring substituents is 1. The van der Waals surface area contributed by atoms with Crippen molar-refractivity contribution in [1.29, 1.82) is 0 Å². The van der Waals surface area contributed by atoms with Gasteiger partial charge in [0, 0.05) is 18.7 Å². The molecule has 2 aromatic rings. The quantitative estimate of drug-likeness (QED) is 0.423. The van der Waals surface area contributed by atoms with Crippen molar-refractivity contribution in [2.45, 2.75) is 19.8 Å². The summed E-state index contributed by atoms with van der Waals surface area (Å²) in [7, 11) is 1.34. The molecule has 7 heteroatoms. The zero-order chi connectivity index (χ0) is 18.9. The molecule has 0 radical (unpaired) electrons. The minimum absolute atomic E-state index is 0.0889. The molecular formula is C19H22N2O5. The summed E-state index contributed by atoms with van der Waals surface area (Å²) < 4.78 is 10.3. The van der Waals surface area contributed by atoms with E-state index in [1.54, 1.807) is 0 Å². The first-order valence-electron chi connectivity index (χ1n) is 8.27. The molecule has 0 aliphatic heterocycles. The Morgan fingerprint density at radius 1 is 1.23 bits per heavy atom. The van der Waals surface area contributed by atoms with Crippen molar-refractivity contribution in [3.63, 3.8) is 0 Å². The van der Waals surface area contributed by atoms with E-state index in [4.69, 9.17) is 9.47 Å². The first-order valence-corrected chi connectivity index (χ1v) is 8.27. The van der Waals surface area contributed by atoms with E-state index in [0.29, 0.717) is 12.3 Å². The highest BCUT2D eigenvalue weighted by Crippen LogP contribution is 2.30. The fraction of sp³-hybridized carbons (Fsp3) is 0.316. The molecular weight excluding hydrogens is 336 g/mol. The van der Waals surface area contributed by atoms with Crippen molar-refractivity contribution in [3.05, 3.63) is 63.7 Å². The number of nitrogens with zero attached hydrogens (tertiary/aromatic N) is 1. The zero-order valence-corrected chi connectivity index (χ0v) is 14.9. The number of benzene rings is 2. The standard InChI is InChI=1S/C19H22N2O5/c1-14-5-3-6-15(11-14)7-4-10-20-19(22)13-26-16-8-9-17(21(23)24)18(12-16)25-2/h3,5-6,8-9,11-12H,4,7,10,13H2,1-2H3,(H,20,22). The molecule has 0 aliphatic rings. The second-order valence-corrected chi connectivity index (χ2v) is 5.82. The second-order valence-electron chi connectivity index (χ2n) is 5.82. The third kappa shape index (κ3) is 5.77. The third-order valence-corrected chi connectivity index (χ3v) is 3.76. The van der Waals surface area contributed by atoms with Crippen molar-refractivity contribution >= 4 is 11.6 Å². The Bertz CT molecular complexity index is 776. The highest BCUT2D eigenvalue weighted by molar-refractivity contribution is 5.77. The van der Waals surface area contributed by atoms with E-state index in [-0.39, 0.29) is 24.0 Å². The number of carbonyl (C=O) groups is 1. The summed E-state index contributed by atoms with van der Waals surface area (Å²) in [5.41, 5.74) is 2.31. The van der Waals surface area contributed by atoms with Gasteiger partial charge in [-0.05, 0) is 31.4 Å². The number of aryl methyl sites for hydroxylation is 2. The Hall–Kier alpha value is -3.09. The van der Waals surface area contributed by atoms with Gasteiger partial charge in [-0.2, -0.15) is 0 Å². The van der Waals surface area contributed by atoms with Crippen LogP contribution in [0.2, 0.25) is 0 Å². The van der Waals surface area contributed by atoms with Crippen molar-refractivity contribution in [2.75, 3.05) is 20.3 Å². The van der Waals surface area contributed by atoms with Crippen LogP contribution >= 0.6 is 0 Å². The van der Waals surface area contributed by atoms with Crippen LogP contribution in [0.1, 0.15) is 17.5 Å².